The lowest BCUT2D eigenvalue weighted by Crippen LogP contribution is -1.83. The lowest BCUT2D eigenvalue weighted by atomic mass is 10.3. The van der Waals surface area contributed by atoms with E-state index in [-0.39, 0.29) is 0 Å². The predicted molar refractivity (Wildman–Crippen MR) is 29.1 cm³/mol. The molecule has 0 bridgehead atoms. The van der Waals surface area contributed by atoms with Crippen LogP contribution in [0.15, 0.2) is 12.3 Å². The van der Waals surface area contributed by atoms with Gasteiger partial charge in [-0.2, -0.15) is 0 Å². The summed E-state index contributed by atoms with van der Waals surface area (Å²) in [5, 5.41) is 10.4. The van der Waals surface area contributed by atoms with Crippen molar-refractivity contribution < 1.29 is 9.50 Å². The third-order valence-corrected chi connectivity index (χ3v) is 1.05. The van der Waals surface area contributed by atoms with Gasteiger partial charge in [-0.25, -0.2) is 9.37 Å². The predicted octanol–water partition coefficient (Wildman–Crippen LogP) is 1.67. The number of aromatic nitrogens is 1. The van der Waals surface area contributed by atoms with Gasteiger partial charge in [0.15, 0.2) is 5.82 Å². The van der Waals surface area contributed by atoms with Crippen LogP contribution in [-0.4, -0.2) is 4.98 Å². The molecule has 9 heavy (non-hydrogen) atoms. The van der Waals surface area contributed by atoms with Gasteiger partial charge in [0.05, 0.1) is 0 Å². The summed E-state index contributed by atoms with van der Waals surface area (Å²) in [5.74, 6) is -1.53. The van der Waals surface area contributed by atoms with E-state index in [1.165, 1.54) is 19.2 Å². The van der Waals surface area contributed by atoms with Crippen LogP contribution < -0.4 is 0 Å². The van der Waals surface area contributed by atoms with Gasteiger partial charge in [-0.05, 0) is 18.6 Å². The maximum Gasteiger partial charge on any atom is 0.305 e. The molecule has 0 saturated carbocycles. The zero-order valence-electron chi connectivity index (χ0n) is 4.89. The summed E-state index contributed by atoms with van der Waals surface area (Å²) in [5.41, 5.74) is 0.343. The van der Waals surface area contributed by atoms with Gasteiger partial charge < -0.3 is 0 Å². The quantitative estimate of drug-likeness (QED) is 0.520. The van der Waals surface area contributed by atoms with Crippen molar-refractivity contribution in [3.8, 4) is 5.88 Å². The molecule has 0 atom stereocenters. The summed E-state index contributed by atoms with van der Waals surface area (Å²) < 4.78 is 12.4. The lowest BCUT2D eigenvalue weighted by Gasteiger charge is -1.91. The van der Waals surface area contributed by atoms with Crippen molar-refractivity contribution in [1.82, 2.24) is 4.98 Å². The van der Waals surface area contributed by atoms with Crippen LogP contribution in [0.25, 0.3) is 0 Å². The van der Waals surface area contributed by atoms with Crippen molar-refractivity contribution in [2.75, 3.05) is 0 Å². The number of hydrogen-bond acceptors (Lipinski definition) is 1. The minimum absolute atomic E-state index is 0.343. The van der Waals surface area contributed by atoms with Crippen LogP contribution in [0.2, 0.25) is 0 Å². The average molecular weight is 126 g/mol. The first-order chi connectivity index (χ1) is 4.22. The van der Waals surface area contributed by atoms with E-state index in [4.69, 9.17) is 0 Å². The minimum atomic E-state index is -0.782. The van der Waals surface area contributed by atoms with Crippen molar-refractivity contribution in [3.63, 3.8) is 0 Å². The Hall–Kier alpha value is -1.12. The largest absolute Gasteiger partial charge is 0.305 e. The minimum Gasteiger partial charge on any atom is -0.264 e. The van der Waals surface area contributed by atoms with Crippen LogP contribution in [0.5, 0.6) is 5.88 Å². The molecule has 0 aliphatic heterocycles. The Morgan fingerprint density at radius 2 is 2.33 bits per heavy atom. The lowest BCUT2D eigenvalue weighted by molar-refractivity contribution is 0.311. The van der Waals surface area contributed by atoms with Crippen molar-refractivity contribution in [2.45, 2.75) is 6.92 Å². The first-order valence-electron chi connectivity index (χ1n) is 2.50. The van der Waals surface area contributed by atoms with Crippen LogP contribution in [0.4, 0.5) is 4.39 Å². The number of nitrogens with zero attached hydrogens (tertiary/aromatic N) is 1. The second-order valence-corrected chi connectivity index (χ2v) is 1.75. The molecular formula is C6H5FNO. The van der Waals surface area contributed by atoms with Gasteiger partial charge in [0, 0.05) is 6.20 Å². The van der Waals surface area contributed by atoms with E-state index in [1.807, 2.05) is 0 Å². The van der Waals surface area contributed by atoms with Crippen molar-refractivity contribution in [2.24, 2.45) is 0 Å². The molecule has 1 aromatic rings. The third kappa shape index (κ3) is 0.988. The zero-order chi connectivity index (χ0) is 6.85. The fraction of sp³-hybridized carbons (Fsp3) is 0.167. The summed E-state index contributed by atoms with van der Waals surface area (Å²) in [6.45, 7) is 1.53. The van der Waals surface area contributed by atoms with Gasteiger partial charge in [-0.15, -0.1) is 0 Å². The highest BCUT2D eigenvalue weighted by molar-refractivity contribution is 5.20. The van der Waals surface area contributed by atoms with Gasteiger partial charge in [-0.3, -0.25) is 5.11 Å². The molecule has 1 rings (SSSR count). The van der Waals surface area contributed by atoms with Gasteiger partial charge in [0.25, 0.3) is 0 Å². The Morgan fingerprint density at radius 1 is 1.67 bits per heavy atom. The van der Waals surface area contributed by atoms with Crippen LogP contribution >= 0.6 is 0 Å². The SMILES string of the molecule is Cc1ccnc([O])c1F. The van der Waals surface area contributed by atoms with Gasteiger partial charge in [-0.1, -0.05) is 0 Å². The molecule has 0 unspecified atom stereocenters. The van der Waals surface area contributed by atoms with E-state index in [2.05, 4.69) is 4.98 Å². The second kappa shape index (κ2) is 2.01. The van der Waals surface area contributed by atoms with Gasteiger partial charge in [0.1, 0.15) is 0 Å². The summed E-state index contributed by atoms with van der Waals surface area (Å²) in [6.07, 6.45) is 1.29. The normalized spacial score (nSPS) is 9.56. The van der Waals surface area contributed by atoms with E-state index in [0.29, 0.717) is 5.56 Å². The van der Waals surface area contributed by atoms with E-state index >= 15 is 0 Å². The molecular weight excluding hydrogens is 121 g/mol. The molecule has 0 fully saturated rings. The molecule has 0 aromatic carbocycles. The molecule has 3 heteroatoms. The van der Waals surface area contributed by atoms with Crippen molar-refractivity contribution in [3.05, 3.63) is 23.6 Å². The molecule has 0 saturated heterocycles. The first-order valence-corrected chi connectivity index (χ1v) is 2.50. The highest BCUT2D eigenvalue weighted by Gasteiger charge is 2.03. The summed E-state index contributed by atoms with van der Waals surface area (Å²) in [6, 6.07) is 1.46. The average Bonchev–Trinajstić information content (AvgIpc) is 1.83. The Kier molecular flexibility index (Phi) is 1.34. The highest BCUT2D eigenvalue weighted by Crippen LogP contribution is 2.13. The Morgan fingerprint density at radius 3 is 2.78 bits per heavy atom. The standard InChI is InChI=1S/C6H5FNO/c1-4-2-3-8-6(9)5(4)7/h2-3H,1H3. The molecule has 0 aliphatic rings. The topological polar surface area (TPSA) is 32.8 Å². The highest BCUT2D eigenvalue weighted by atomic mass is 19.1. The van der Waals surface area contributed by atoms with Gasteiger partial charge >= 0.3 is 5.88 Å². The van der Waals surface area contributed by atoms with Crippen LogP contribution in [0.3, 0.4) is 0 Å². The van der Waals surface area contributed by atoms with Crippen LogP contribution in [0.1, 0.15) is 5.56 Å². The van der Waals surface area contributed by atoms with Crippen molar-refractivity contribution in [1.29, 1.82) is 0 Å². The van der Waals surface area contributed by atoms with E-state index in [0.717, 1.165) is 0 Å². The molecule has 2 nitrogen and oxygen atoms in total. The molecule has 0 spiro atoms. The fourth-order valence-electron chi connectivity index (χ4n) is 0.515. The third-order valence-electron chi connectivity index (χ3n) is 1.05. The number of pyridine rings is 1. The molecule has 0 aliphatic carbocycles. The summed E-state index contributed by atoms with van der Waals surface area (Å²) in [7, 11) is 0. The first kappa shape index (κ1) is 6.01. The number of aryl methyl sites for hydroxylation is 1. The number of halogens is 1. The van der Waals surface area contributed by atoms with E-state index in [9.17, 15) is 9.50 Å². The molecule has 47 valence electrons. The summed E-state index contributed by atoms with van der Waals surface area (Å²) in [4.78, 5) is 3.21. The zero-order valence-corrected chi connectivity index (χ0v) is 4.89. The monoisotopic (exact) mass is 126 g/mol. The molecule has 1 heterocycles. The molecule has 0 N–H and O–H groups in total. The Balaban J connectivity index is 3.25. The second-order valence-electron chi connectivity index (χ2n) is 1.75. The Labute approximate surface area is 52.0 Å². The Bertz CT molecular complexity index is 204. The van der Waals surface area contributed by atoms with Crippen molar-refractivity contribution >= 4 is 0 Å². The van der Waals surface area contributed by atoms with Gasteiger partial charge in [0.2, 0.25) is 0 Å². The molecule has 1 aromatic heterocycles. The smallest absolute Gasteiger partial charge is 0.264 e. The molecule has 1 radical (unpaired) electrons. The number of hydrogen-bond donors (Lipinski definition) is 0. The van der Waals surface area contributed by atoms with E-state index < -0.39 is 11.7 Å². The number of rotatable bonds is 0. The fourth-order valence-corrected chi connectivity index (χ4v) is 0.515. The maximum absolute atomic E-state index is 12.4. The van der Waals surface area contributed by atoms with Crippen LogP contribution in [-0.2, 0) is 5.11 Å². The van der Waals surface area contributed by atoms with E-state index in [1.54, 1.807) is 0 Å². The summed E-state index contributed by atoms with van der Waals surface area (Å²) >= 11 is 0. The molecule has 0 amide bonds. The van der Waals surface area contributed by atoms with Crippen LogP contribution in [0, 0.1) is 12.7 Å². The maximum atomic E-state index is 12.4.